The van der Waals surface area contributed by atoms with Gasteiger partial charge in [-0.05, 0) is 50.6 Å². The molecule has 0 spiro atoms. The molecule has 0 saturated carbocycles. The molecule has 0 heterocycles. The van der Waals surface area contributed by atoms with Crippen molar-refractivity contribution in [3.63, 3.8) is 0 Å². The normalized spacial score (nSPS) is 12.1. The summed E-state index contributed by atoms with van der Waals surface area (Å²) in [5.41, 5.74) is 4.69. The minimum Gasteiger partial charge on any atom is -0.356 e. The molecule has 2 rings (SSSR count). The van der Waals surface area contributed by atoms with Crippen LogP contribution in [0.4, 0.5) is 0 Å². The van der Waals surface area contributed by atoms with Crippen LogP contribution in [-0.4, -0.2) is 35.0 Å². The fourth-order valence-electron chi connectivity index (χ4n) is 2.89. The Morgan fingerprint density at radius 2 is 1.70 bits per heavy atom. The summed E-state index contributed by atoms with van der Waals surface area (Å²) in [6.07, 6.45) is 0.902. The molecule has 0 fully saturated rings. The van der Waals surface area contributed by atoms with Gasteiger partial charge in [-0.1, -0.05) is 41.5 Å². The van der Waals surface area contributed by atoms with Crippen LogP contribution < -0.4 is 15.4 Å². The van der Waals surface area contributed by atoms with Gasteiger partial charge in [-0.15, -0.1) is 0 Å². The second kappa shape index (κ2) is 9.53. The van der Waals surface area contributed by atoms with E-state index in [1.807, 2.05) is 6.07 Å². The van der Waals surface area contributed by atoms with Gasteiger partial charge in [0.25, 0.3) is 0 Å². The molecule has 2 aromatic rings. The Balaban J connectivity index is 1.90. The molecule has 0 atom stereocenters. The molecule has 6 nitrogen and oxygen atoms in total. The van der Waals surface area contributed by atoms with Crippen LogP contribution in [0, 0.1) is 13.8 Å². The van der Waals surface area contributed by atoms with E-state index >= 15 is 0 Å². The third kappa shape index (κ3) is 6.37. The monoisotopic (exact) mass is 388 g/mol. The van der Waals surface area contributed by atoms with Crippen molar-refractivity contribution in [3.05, 3.63) is 64.7 Å². The van der Waals surface area contributed by atoms with Crippen LogP contribution in [0.25, 0.3) is 0 Å². The molecule has 0 saturated heterocycles. The average Bonchev–Trinajstić information content (AvgIpc) is 2.64. The highest BCUT2D eigenvalue weighted by atomic mass is 32.2. The molecule has 2 aromatic carbocycles. The first-order chi connectivity index (χ1) is 12.8. The van der Waals surface area contributed by atoms with Crippen LogP contribution in [0.15, 0.2) is 52.4 Å². The van der Waals surface area contributed by atoms with Gasteiger partial charge in [0.05, 0.1) is 4.90 Å². The summed E-state index contributed by atoms with van der Waals surface area (Å²) in [7, 11) is -0.320. The van der Waals surface area contributed by atoms with Crippen molar-refractivity contribution in [1.82, 2.24) is 15.4 Å². The standard InChI is InChI=1S/C20H28N4O2S/c1-15-10-16(2)12-17(11-15)8-9-23-20(21-3)24-14-18-6-5-7-19(13-18)27(25,26)22-4/h5-7,10-13,22H,8-9,14H2,1-4H3,(H2,21,23,24). The van der Waals surface area contributed by atoms with Crippen molar-refractivity contribution in [3.8, 4) is 0 Å². The summed E-state index contributed by atoms with van der Waals surface area (Å²) in [5, 5.41) is 6.51. The van der Waals surface area contributed by atoms with Crippen LogP contribution >= 0.6 is 0 Å². The molecular formula is C20H28N4O2S. The fourth-order valence-corrected chi connectivity index (χ4v) is 3.69. The van der Waals surface area contributed by atoms with Crippen molar-refractivity contribution >= 4 is 16.0 Å². The number of rotatable bonds is 7. The van der Waals surface area contributed by atoms with E-state index in [1.54, 1.807) is 25.2 Å². The maximum Gasteiger partial charge on any atom is 0.240 e. The highest BCUT2D eigenvalue weighted by Crippen LogP contribution is 2.11. The lowest BCUT2D eigenvalue weighted by Crippen LogP contribution is -2.37. The minimum atomic E-state index is -3.44. The number of nitrogens with one attached hydrogen (secondary N) is 3. The molecule has 0 aliphatic heterocycles. The van der Waals surface area contributed by atoms with E-state index in [9.17, 15) is 8.42 Å². The SMILES string of the molecule is CN=C(NCCc1cc(C)cc(C)c1)NCc1cccc(S(=O)(=O)NC)c1. The van der Waals surface area contributed by atoms with E-state index in [4.69, 9.17) is 0 Å². The molecule has 146 valence electrons. The lowest BCUT2D eigenvalue weighted by molar-refractivity contribution is 0.588. The minimum absolute atomic E-state index is 0.252. The molecule has 0 radical (unpaired) electrons. The molecule has 0 aliphatic carbocycles. The first kappa shape index (κ1) is 20.9. The highest BCUT2D eigenvalue weighted by molar-refractivity contribution is 7.89. The van der Waals surface area contributed by atoms with E-state index in [0.29, 0.717) is 12.5 Å². The predicted octanol–water partition coefficient (Wildman–Crippen LogP) is 2.12. The number of hydrogen-bond donors (Lipinski definition) is 3. The van der Waals surface area contributed by atoms with Gasteiger partial charge in [0.2, 0.25) is 10.0 Å². The maximum atomic E-state index is 11.9. The lowest BCUT2D eigenvalue weighted by Gasteiger charge is -2.13. The van der Waals surface area contributed by atoms with Crippen molar-refractivity contribution in [2.45, 2.75) is 31.7 Å². The third-order valence-electron chi connectivity index (χ3n) is 4.15. The van der Waals surface area contributed by atoms with Gasteiger partial charge in [0.15, 0.2) is 5.96 Å². The summed E-state index contributed by atoms with van der Waals surface area (Å²) >= 11 is 0. The summed E-state index contributed by atoms with van der Waals surface area (Å²) in [4.78, 5) is 4.47. The zero-order valence-corrected chi connectivity index (χ0v) is 17.2. The second-order valence-electron chi connectivity index (χ2n) is 6.45. The fraction of sp³-hybridized carbons (Fsp3) is 0.350. The predicted molar refractivity (Wildman–Crippen MR) is 111 cm³/mol. The van der Waals surface area contributed by atoms with E-state index in [0.717, 1.165) is 18.5 Å². The van der Waals surface area contributed by atoms with E-state index in [1.165, 1.54) is 23.7 Å². The quantitative estimate of drug-likeness (QED) is 0.501. The summed E-state index contributed by atoms with van der Waals surface area (Å²) in [6, 6.07) is 13.4. The number of hydrogen-bond acceptors (Lipinski definition) is 3. The summed E-state index contributed by atoms with van der Waals surface area (Å²) < 4.78 is 26.1. The van der Waals surface area contributed by atoms with Crippen molar-refractivity contribution in [2.75, 3.05) is 20.6 Å². The van der Waals surface area contributed by atoms with Gasteiger partial charge < -0.3 is 10.6 Å². The van der Waals surface area contributed by atoms with Crippen LogP contribution in [0.5, 0.6) is 0 Å². The van der Waals surface area contributed by atoms with E-state index in [2.05, 4.69) is 52.4 Å². The first-order valence-corrected chi connectivity index (χ1v) is 10.4. The summed E-state index contributed by atoms with van der Waals surface area (Å²) in [6.45, 7) is 5.45. The van der Waals surface area contributed by atoms with Gasteiger partial charge in [-0.3, -0.25) is 4.99 Å². The number of guanidine groups is 1. The Bertz CT molecular complexity index is 888. The zero-order valence-electron chi connectivity index (χ0n) is 16.3. The van der Waals surface area contributed by atoms with Crippen molar-refractivity contribution in [1.29, 1.82) is 0 Å². The van der Waals surface area contributed by atoms with Gasteiger partial charge >= 0.3 is 0 Å². The molecular weight excluding hydrogens is 360 g/mol. The third-order valence-corrected chi connectivity index (χ3v) is 5.56. The van der Waals surface area contributed by atoms with E-state index in [-0.39, 0.29) is 4.90 Å². The van der Waals surface area contributed by atoms with Crippen LogP contribution in [0.1, 0.15) is 22.3 Å². The van der Waals surface area contributed by atoms with Crippen molar-refractivity contribution in [2.24, 2.45) is 4.99 Å². The maximum absolute atomic E-state index is 11.9. The Hall–Kier alpha value is -2.38. The summed E-state index contributed by atoms with van der Waals surface area (Å²) in [5.74, 6) is 0.682. The first-order valence-electron chi connectivity index (χ1n) is 8.88. The number of benzene rings is 2. The molecule has 0 amide bonds. The molecule has 3 N–H and O–H groups in total. The van der Waals surface area contributed by atoms with Crippen LogP contribution in [0.3, 0.4) is 0 Å². The molecule has 0 aromatic heterocycles. The highest BCUT2D eigenvalue weighted by Gasteiger charge is 2.11. The molecule has 7 heteroatoms. The Morgan fingerprint density at radius 3 is 2.33 bits per heavy atom. The van der Waals surface area contributed by atoms with E-state index < -0.39 is 10.0 Å². The second-order valence-corrected chi connectivity index (χ2v) is 8.34. The van der Waals surface area contributed by atoms with Gasteiger partial charge in [-0.2, -0.15) is 0 Å². The topological polar surface area (TPSA) is 82.6 Å². The van der Waals surface area contributed by atoms with Gasteiger partial charge in [0.1, 0.15) is 0 Å². The van der Waals surface area contributed by atoms with Crippen molar-refractivity contribution < 1.29 is 8.42 Å². The Kier molecular flexibility index (Phi) is 7.38. The lowest BCUT2D eigenvalue weighted by atomic mass is 10.1. The van der Waals surface area contributed by atoms with Crippen LogP contribution in [0.2, 0.25) is 0 Å². The zero-order chi connectivity index (χ0) is 19.9. The molecule has 0 unspecified atom stereocenters. The number of sulfonamides is 1. The number of nitrogens with zero attached hydrogens (tertiary/aromatic N) is 1. The molecule has 27 heavy (non-hydrogen) atoms. The largest absolute Gasteiger partial charge is 0.356 e. The Morgan fingerprint density at radius 1 is 1.00 bits per heavy atom. The Labute approximate surface area is 162 Å². The number of aryl methyl sites for hydroxylation is 2. The smallest absolute Gasteiger partial charge is 0.240 e. The van der Waals surface area contributed by atoms with Gasteiger partial charge in [-0.25, -0.2) is 13.1 Å². The average molecular weight is 389 g/mol. The van der Waals surface area contributed by atoms with Crippen LogP contribution in [-0.2, 0) is 23.0 Å². The number of aliphatic imine (C=N–C) groups is 1. The van der Waals surface area contributed by atoms with Gasteiger partial charge in [0, 0.05) is 20.1 Å². The molecule has 0 aliphatic rings. The molecule has 0 bridgehead atoms.